The van der Waals surface area contributed by atoms with Crippen LogP contribution in [0.1, 0.15) is 36.1 Å². The summed E-state index contributed by atoms with van der Waals surface area (Å²) in [6.45, 7) is 3.70. The zero-order valence-corrected chi connectivity index (χ0v) is 28.5. The Kier molecular flexibility index (Phi) is 5.73. The molecule has 0 radical (unpaired) electrons. The molecule has 11 rings (SSSR count). The van der Waals surface area contributed by atoms with Crippen molar-refractivity contribution in [3.05, 3.63) is 168 Å². The number of rotatable bonds is 2. The predicted octanol–water partition coefficient (Wildman–Crippen LogP) is 11.6. The summed E-state index contributed by atoms with van der Waals surface area (Å²) in [6, 6.07) is 48.8. The topological polar surface area (TPSA) is 73.2 Å². The van der Waals surface area contributed by atoms with E-state index in [1.165, 1.54) is 0 Å². The normalized spacial score (nSPS) is 19.2. The van der Waals surface area contributed by atoms with Crippen molar-refractivity contribution in [2.75, 3.05) is 9.80 Å². The molecule has 0 fully saturated rings. The molecular formula is C46H32N2O4. The van der Waals surface area contributed by atoms with E-state index in [0.29, 0.717) is 22.3 Å². The lowest BCUT2D eigenvalue weighted by molar-refractivity contribution is 0.102. The van der Waals surface area contributed by atoms with Gasteiger partial charge in [0.15, 0.2) is 0 Å². The van der Waals surface area contributed by atoms with E-state index in [0.717, 1.165) is 77.9 Å². The number of furan rings is 2. The summed E-state index contributed by atoms with van der Waals surface area (Å²) in [5.74, 6) is 0. The molecule has 52 heavy (non-hydrogen) atoms. The number of nitrogens with zero attached hydrogens (tertiary/aromatic N) is 2. The Hall–Kier alpha value is -6.34. The maximum atomic E-state index is 12.4. The fourth-order valence-electron chi connectivity index (χ4n) is 8.86. The van der Waals surface area contributed by atoms with Crippen LogP contribution in [0.3, 0.4) is 0 Å². The van der Waals surface area contributed by atoms with Crippen molar-refractivity contribution in [3.8, 4) is 0 Å². The lowest BCUT2D eigenvalue weighted by Crippen LogP contribution is -2.32. The van der Waals surface area contributed by atoms with Gasteiger partial charge in [-0.1, -0.05) is 72.8 Å². The zero-order chi connectivity index (χ0) is 34.9. The van der Waals surface area contributed by atoms with Crippen molar-refractivity contribution in [1.29, 1.82) is 0 Å². The second kappa shape index (κ2) is 10.1. The minimum atomic E-state index is -1.32. The van der Waals surface area contributed by atoms with Crippen LogP contribution in [0, 0.1) is 0 Å². The first-order chi connectivity index (χ1) is 25.3. The molecule has 0 saturated carbocycles. The highest BCUT2D eigenvalue weighted by Crippen LogP contribution is 2.56. The Balaban J connectivity index is 1.16. The number of hydrogen-bond acceptors (Lipinski definition) is 6. The van der Waals surface area contributed by atoms with Crippen molar-refractivity contribution in [2.24, 2.45) is 0 Å². The van der Waals surface area contributed by atoms with Crippen molar-refractivity contribution in [3.63, 3.8) is 0 Å². The lowest BCUT2D eigenvalue weighted by atomic mass is 9.81. The Morgan fingerprint density at radius 2 is 0.808 bits per heavy atom. The number of fused-ring (bicyclic) bond motifs is 12. The average molecular weight is 677 g/mol. The van der Waals surface area contributed by atoms with Crippen LogP contribution in [-0.2, 0) is 11.2 Å². The van der Waals surface area contributed by atoms with E-state index in [9.17, 15) is 10.2 Å². The Morgan fingerprint density at radius 1 is 0.423 bits per heavy atom. The molecule has 0 bridgehead atoms. The van der Waals surface area contributed by atoms with Gasteiger partial charge in [-0.3, -0.25) is 0 Å². The van der Waals surface area contributed by atoms with Crippen molar-refractivity contribution >= 4 is 78.0 Å². The third-order valence-electron chi connectivity index (χ3n) is 11.2. The Morgan fingerprint density at radius 3 is 1.23 bits per heavy atom. The Labute approximate surface area is 299 Å². The van der Waals surface area contributed by atoms with Crippen LogP contribution in [0.5, 0.6) is 0 Å². The zero-order valence-electron chi connectivity index (χ0n) is 28.5. The molecule has 2 aliphatic heterocycles. The number of hydrogen-bond donors (Lipinski definition) is 2. The van der Waals surface area contributed by atoms with E-state index in [2.05, 4.69) is 70.5 Å². The number of para-hydroxylation sites is 4. The molecule has 2 atom stereocenters. The maximum absolute atomic E-state index is 12.4. The number of benzene rings is 7. The highest BCUT2D eigenvalue weighted by atomic mass is 16.3. The minimum absolute atomic E-state index is 0.639. The van der Waals surface area contributed by atoms with Crippen LogP contribution < -0.4 is 9.80 Å². The molecule has 4 heterocycles. The van der Waals surface area contributed by atoms with E-state index in [-0.39, 0.29) is 0 Å². The third kappa shape index (κ3) is 3.74. The van der Waals surface area contributed by atoms with Gasteiger partial charge in [-0.2, -0.15) is 0 Å². The van der Waals surface area contributed by atoms with E-state index in [1.54, 1.807) is 0 Å². The molecule has 9 aromatic rings. The molecule has 0 spiro atoms. The first-order valence-electron chi connectivity index (χ1n) is 17.6. The summed E-state index contributed by atoms with van der Waals surface area (Å²) in [4.78, 5) is 4.39. The van der Waals surface area contributed by atoms with E-state index in [4.69, 9.17) is 8.83 Å². The molecule has 6 heteroatoms. The van der Waals surface area contributed by atoms with Crippen molar-refractivity contribution < 1.29 is 19.0 Å². The molecule has 2 aromatic heterocycles. The highest BCUT2D eigenvalue weighted by Gasteiger charge is 2.43. The summed E-state index contributed by atoms with van der Waals surface area (Å²) in [5.41, 5.74) is 8.68. The average Bonchev–Trinajstić information content (AvgIpc) is 3.71. The molecule has 250 valence electrons. The number of anilines is 6. The van der Waals surface area contributed by atoms with Gasteiger partial charge in [0.1, 0.15) is 33.5 Å². The largest absolute Gasteiger partial charge is 0.456 e. The minimum Gasteiger partial charge on any atom is -0.456 e. The van der Waals surface area contributed by atoms with E-state index in [1.807, 2.05) is 98.8 Å². The Bertz CT molecular complexity index is 2720. The highest BCUT2D eigenvalue weighted by molar-refractivity contribution is 6.17. The standard InChI is InChI=1S/C46H32N2O4/c1-45(49)33-17-9-11-19-35(33)47(27-13-5-3-6-14-27)37-23-21-29-31-25-40-32(26-39(31)51-43(29)41(37)45)30-22-24-38-42(44(30)52-40)46(2,50)34-18-10-12-20-36(34)48(38)28-15-7-4-8-16-28/h3-26,49-50H,1-2H3. The second-order valence-electron chi connectivity index (χ2n) is 14.2. The van der Waals surface area contributed by atoms with Crippen LogP contribution in [0.4, 0.5) is 34.1 Å². The van der Waals surface area contributed by atoms with Crippen LogP contribution >= 0.6 is 0 Å². The predicted molar refractivity (Wildman–Crippen MR) is 208 cm³/mol. The monoisotopic (exact) mass is 676 g/mol. The SMILES string of the molecule is CC1(O)c2ccccc2N(c2ccccc2)c2ccc3c(oc4cc5c(cc43)oc3c4c(ccc35)N(c3ccccc3)c3ccccc3C4(C)O)c21. The van der Waals surface area contributed by atoms with Crippen LogP contribution in [-0.4, -0.2) is 10.2 Å². The van der Waals surface area contributed by atoms with Gasteiger partial charge in [0.25, 0.3) is 0 Å². The van der Waals surface area contributed by atoms with Gasteiger partial charge in [0, 0.05) is 44.0 Å². The number of aliphatic hydroxyl groups is 2. The fraction of sp³-hybridized carbons (Fsp3) is 0.0870. The molecule has 2 unspecified atom stereocenters. The maximum Gasteiger partial charge on any atom is 0.143 e. The molecule has 2 N–H and O–H groups in total. The van der Waals surface area contributed by atoms with Gasteiger partial charge in [-0.25, -0.2) is 0 Å². The smallest absolute Gasteiger partial charge is 0.143 e. The van der Waals surface area contributed by atoms with Crippen molar-refractivity contribution in [2.45, 2.75) is 25.0 Å². The van der Waals surface area contributed by atoms with Gasteiger partial charge >= 0.3 is 0 Å². The van der Waals surface area contributed by atoms with Gasteiger partial charge in [0.2, 0.25) is 0 Å². The van der Waals surface area contributed by atoms with Gasteiger partial charge in [-0.15, -0.1) is 0 Å². The van der Waals surface area contributed by atoms with Crippen LogP contribution in [0.2, 0.25) is 0 Å². The van der Waals surface area contributed by atoms with Crippen LogP contribution in [0.25, 0.3) is 43.9 Å². The molecule has 0 saturated heterocycles. The molecule has 2 aliphatic rings. The lowest BCUT2D eigenvalue weighted by Gasteiger charge is -2.40. The van der Waals surface area contributed by atoms with E-state index < -0.39 is 11.2 Å². The molecule has 6 nitrogen and oxygen atoms in total. The summed E-state index contributed by atoms with van der Waals surface area (Å²) >= 11 is 0. The molecule has 0 amide bonds. The van der Waals surface area contributed by atoms with Gasteiger partial charge in [0.05, 0.1) is 33.9 Å². The quantitative estimate of drug-likeness (QED) is 0.190. The second-order valence-corrected chi connectivity index (χ2v) is 14.2. The van der Waals surface area contributed by atoms with E-state index >= 15 is 0 Å². The van der Waals surface area contributed by atoms with Gasteiger partial charge < -0.3 is 28.8 Å². The first-order valence-corrected chi connectivity index (χ1v) is 17.6. The van der Waals surface area contributed by atoms with Gasteiger partial charge in [-0.05, 0) is 86.6 Å². The fourth-order valence-corrected chi connectivity index (χ4v) is 8.86. The third-order valence-corrected chi connectivity index (χ3v) is 11.2. The van der Waals surface area contributed by atoms with Crippen molar-refractivity contribution in [1.82, 2.24) is 0 Å². The molecule has 7 aromatic carbocycles. The summed E-state index contributed by atoms with van der Waals surface area (Å²) in [7, 11) is 0. The summed E-state index contributed by atoms with van der Waals surface area (Å²) < 4.78 is 13.6. The summed E-state index contributed by atoms with van der Waals surface area (Å²) in [6.07, 6.45) is 0. The molecular weight excluding hydrogens is 645 g/mol. The molecule has 0 aliphatic carbocycles. The summed E-state index contributed by atoms with van der Waals surface area (Å²) in [5, 5.41) is 28.3. The van der Waals surface area contributed by atoms with Crippen LogP contribution in [0.15, 0.2) is 154 Å². The first kappa shape index (κ1) is 29.4.